The van der Waals surface area contributed by atoms with Gasteiger partial charge in [0.1, 0.15) is 0 Å². The van der Waals surface area contributed by atoms with Gasteiger partial charge in [0.05, 0.1) is 6.04 Å². The maximum absolute atomic E-state index is 12.2. The van der Waals surface area contributed by atoms with Crippen LogP contribution in [0.3, 0.4) is 0 Å². The SMILES string of the molecule is CCC(C)(C)NC(=O)C(C)NC1CCCC(C)CC1. The van der Waals surface area contributed by atoms with Crippen LogP contribution < -0.4 is 10.6 Å². The van der Waals surface area contributed by atoms with E-state index in [2.05, 4.69) is 38.3 Å². The van der Waals surface area contributed by atoms with Gasteiger partial charge in [-0.25, -0.2) is 0 Å². The van der Waals surface area contributed by atoms with Crippen LogP contribution >= 0.6 is 0 Å². The number of rotatable bonds is 5. The second-order valence-corrected chi connectivity index (χ2v) is 6.93. The summed E-state index contributed by atoms with van der Waals surface area (Å²) in [5, 5.41) is 6.63. The molecule has 0 spiro atoms. The molecule has 3 atom stereocenters. The molecular weight excluding hydrogens is 236 g/mol. The van der Waals surface area contributed by atoms with E-state index in [1.807, 2.05) is 6.92 Å². The highest BCUT2D eigenvalue weighted by Crippen LogP contribution is 2.22. The number of carbonyl (C=O) groups excluding carboxylic acids is 1. The first-order valence-corrected chi connectivity index (χ1v) is 7.92. The van der Waals surface area contributed by atoms with E-state index in [4.69, 9.17) is 0 Å². The van der Waals surface area contributed by atoms with Crippen LogP contribution in [0.4, 0.5) is 0 Å². The van der Waals surface area contributed by atoms with Gasteiger partial charge in [0, 0.05) is 11.6 Å². The van der Waals surface area contributed by atoms with Crippen LogP contribution in [0.1, 0.15) is 73.1 Å². The molecule has 3 unspecified atom stereocenters. The Kier molecular flexibility index (Phi) is 6.31. The minimum absolute atomic E-state index is 0.0933. The van der Waals surface area contributed by atoms with Gasteiger partial charge in [0.2, 0.25) is 5.91 Å². The van der Waals surface area contributed by atoms with Crippen molar-refractivity contribution in [2.75, 3.05) is 0 Å². The van der Waals surface area contributed by atoms with Crippen molar-refractivity contribution in [3.05, 3.63) is 0 Å². The highest BCUT2D eigenvalue weighted by atomic mass is 16.2. The fraction of sp³-hybridized carbons (Fsp3) is 0.938. The summed E-state index contributed by atoms with van der Waals surface area (Å²) >= 11 is 0. The van der Waals surface area contributed by atoms with Gasteiger partial charge < -0.3 is 10.6 Å². The molecule has 2 N–H and O–H groups in total. The zero-order valence-electron chi connectivity index (χ0n) is 13.4. The van der Waals surface area contributed by atoms with Crippen molar-refractivity contribution in [3.8, 4) is 0 Å². The molecule has 0 aromatic heterocycles. The van der Waals surface area contributed by atoms with E-state index in [0.717, 1.165) is 12.3 Å². The lowest BCUT2D eigenvalue weighted by atomic mass is 10.0. The standard InChI is InChI=1S/C16H32N2O/c1-6-16(4,5)18-15(19)13(3)17-14-9-7-8-12(2)10-11-14/h12-14,17H,6-11H2,1-5H3,(H,18,19). The summed E-state index contributed by atoms with van der Waals surface area (Å²) in [5.74, 6) is 0.971. The first kappa shape index (κ1) is 16.5. The van der Waals surface area contributed by atoms with Crippen LogP contribution in [0.5, 0.6) is 0 Å². The number of hydrogen-bond donors (Lipinski definition) is 2. The van der Waals surface area contributed by atoms with Crippen LogP contribution in [-0.4, -0.2) is 23.5 Å². The molecule has 3 heteroatoms. The zero-order valence-corrected chi connectivity index (χ0v) is 13.4. The van der Waals surface area contributed by atoms with E-state index in [1.54, 1.807) is 0 Å². The molecule has 0 aliphatic heterocycles. The average molecular weight is 268 g/mol. The van der Waals surface area contributed by atoms with Crippen LogP contribution in [0, 0.1) is 5.92 Å². The molecule has 1 saturated carbocycles. The molecule has 0 radical (unpaired) electrons. The summed E-state index contributed by atoms with van der Waals surface area (Å²) in [6.07, 6.45) is 7.27. The van der Waals surface area contributed by atoms with Crippen molar-refractivity contribution < 1.29 is 4.79 Å². The quantitative estimate of drug-likeness (QED) is 0.752. The Morgan fingerprint density at radius 1 is 1.26 bits per heavy atom. The summed E-state index contributed by atoms with van der Waals surface area (Å²) in [5.41, 5.74) is -0.106. The maximum atomic E-state index is 12.2. The molecule has 1 aliphatic rings. The summed E-state index contributed by atoms with van der Waals surface area (Å²) < 4.78 is 0. The molecule has 0 aromatic rings. The minimum atomic E-state index is -0.106. The normalized spacial score (nSPS) is 26.6. The highest BCUT2D eigenvalue weighted by molar-refractivity contribution is 5.82. The van der Waals surface area contributed by atoms with E-state index >= 15 is 0 Å². The van der Waals surface area contributed by atoms with Gasteiger partial charge in [-0.15, -0.1) is 0 Å². The van der Waals surface area contributed by atoms with Crippen molar-refractivity contribution in [2.45, 2.75) is 90.8 Å². The van der Waals surface area contributed by atoms with E-state index in [-0.39, 0.29) is 17.5 Å². The highest BCUT2D eigenvalue weighted by Gasteiger charge is 2.24. The number of carbonyl (C=O) groups is 1. The lowest BCUT2D eigenvalue weighted by Gasteiger charge is -2.28. The lowest BCUT2D eigenvalue weighted by Crippen LogP contribution is -2.52. The fourth-order valence-electron chi connectivity index (χ4n) is 2.61. The minimum Gasteiger partial charge on any atom is -0.350 e. The van der Waals surface area contributed by atoms with Crippen molar-refractivity contribution in [1.82, 2.24) is 10.6 Å². The predicted molar refractivity (Wildman–Crippen MR) is 81.1 cm³/mol. The topological polar surface area (TPSA) is 41.1 Å². The molecule has 1 amide bonds. The van der Waals surface area contributed by atoms with Gasteiger partial charge in [0.25, 0.3) is 0 Å². The molecular formula is C16H32N2O. The van der Waals surface area contributed by atoms with Crippen LogP contribution in [0.15, 0.2) is 0 Å². The van der Waals surface area contributed by atoms with Crippen LogP contribution in [0.25, 0.3) is 0 Å². The number of amides is 1. The Balaban J connectivity index is 2.41. The Labute approximate surface area is 118 Å². The lowest BCUT2D eigenvalue weighted by molar-refractivity contribution is -0.124. The first-order valence-electron chi connectivity index (χ1n) is 7.92. The zero-order chi connectivity index (χ0) is 14.5. The van der Waals surface area contributed by atoms with Gasteiger partial charge in [-0.1, -0.05) is 26.7 Å². The molecule has 112 valence electrons. The molecule has 1 rings (SSSR count). The van der Waals surface area contributed by atoms with Crippen molar-refractivity contribution in [3.63, 3.8) is 0 Å². The number of nitrogens with one attached hydrogen (secondary N) is 2. The predicted octanol–water partition coefficient (Wildman–Crippen LogP) is 3.24. The Morgan fingerprint density at radius 3 is 2.58 bits per heavy atom. The van der Waals surface area contributed by atoms with E-state index in [9.17, 15) is 4.79 Å². The van der Waals surface area contributed by atoms with Gasteiger partial charge in [0.15, 0.2) is 0 Å². The third-order valence-electron chi connectivity index (χ3n) is 4.48. The van der Waals surface area contributed by atoms with E-state index in [0.29, 0.717) is 6.04 Å². The molecule has 0 bridgehead atoms. The Hall–Kier alpha value is -0.570. The summed E-state index contributed by atoms with van der Waals surface area (Å²) in [7, 11) is 0. The third-order valence-corrected chi connectivity index (χ3v) is 4.48. The van der Waals surface area contributed by atoms with Gasteiger partial charge in [-0.05, 0) is 52.4 Å². The van der Waals surface area contributed by atoms with Crippen molar-refractivity contribution in [1.29, 1.82) is 0 Å². The van der Waals surface area contributed by atoms with Crippen LogP contribution in [-0.2, 0) is 4.79 Å². The van der Waals surface area contributed by atoms with E-state index in [1.165, 1.54) is 32.1 Å². The largest absolute Gasteiger partial charge is 0.350 e. The molecule has 0 aromatic carbocycles. The smallest absolute Gasteiger partial charge is 0.237 e. The van der Waals surface area contributed by atoms with Gasteiger partial charge in [-0.2, -0.15) is 0 Å². The fourth-order valence-corrected chi connectivity index (χ4v) is 2.61. The van der Waals surface area contributed by atoms with Crippen molar-refractivity contribution in [2.24, 2.45) is 5.92 Å². The molecule has 19 heavy (non-hydrogen) atoms. The molecule has 0 heterocycles. The molecule has 1 fully saturated rings. The van der Waals surface area contributed by atoms with E-state index < -0.39 is 0 Å². The van der Waals surface area contributed by atoms with Gasteiger partial charge in [-0.3, -0.25) is 4.79 Å². The Morgan fingerprint density at radius 2 is 1.95 bits per heavy atom. The average Bonchev–Trinajstić information content (AvgIpc) is 2.54. The second-order valence-electron chi connectivity index (χ2n) is 6.93. The van der Waals surface area contributed by atoms with Crippen molar-refractivity contribution >= 4 is 5.91 Å². The molecule has 1 aliphatic carbocycles. The van der Waals surface area contributed by atoms with Crippen LogP contribution in [0.2, 0.25) is 0 Å². The molecule has 3 nitrogen and oxygen atoms in total. The monoisotopic (exact) mass is 268 g/mol. The van der Waals surface area contributed by atoms with Gasteiger partial charge >= 0.3 is 0 Å². The summed E-state index contributed by atoms with van der Waals surface area (Å²) in [6.45, 7) is 10.6. The number of hydrogen-bond acceptors (Lipinski definition) is 2. The first-order chi connectivity index (χ1) is 8.84. The maximum Gasteiger partial charge on any atom is 0.237 e. The Bertz CT molecular complexity index is 288. The summed E-state index contributed by atoms with van der Waals surface area (Å²) in [6, 6.07) is 0.416. The second kappa shape index (κ2) is 7.28. The summed E-state index contributed by atoms with van der Waals surface area (Å²) in [4.78, 5) is 12.2. The molecule has 0 saturated heterocycles. The third kappa shape index (κ3) is 5.94.